The van der Waals surface area contributed by atoms with Gasteiger partial charge in [0.1, 0.15) is 0 Å². The zero-order valence-electron chi connectivity index (χ0n) is 6.48. The van der Waals surface area contributed by atoms with Crippen molar-refractivity contribution in [1.82, 2.24) is 0 Å². The fourth-order valence-corrected chi connectivity index (χ4v) is 1.50. The second kappa shape index (κ2) is 4.21. The third-order valence-corrected chi connectivity index (χ3v) is 2.54. The largest absolute Gasteiger partial charge is 0.197 e. The Bertz CT molecular complexity index is 61.0. The van der Waals surface area contributed by atoms with Crippen LogP contribution in [0.25, 0.3) is 0 Å². The molecule has 0 aromatic rings. The first-order valence-corrected chi connectivity index (χ1v) is 3.80. The monoisotopic (exact) mass is 146 g/mol. The minimum absolute atomic E-state index is 0. The maximum atomic E-state index is 2.38. The summed E-state index contributed by atoms with van der Waals surface area (Å²) < 4.78 is 0. The van der Waals surface area contributed by atoms with E-state index in [4.69, 9.17) is 0 Å². The smallest absolute Gasteiger partial charge is 0.0417 e. The van der Waals surface area contributed by atoms with Crippen LogP contribution < -0.4 is 0 Å². The highest BCUT2D eigenvalue weighted by atomic mass is 32.1. The minimum Gasteiger partial charge on any atom is -0.197 e. The highest BCUT2D eigenvalue weighted by Crippen LogP contribution is 2.28. The predicted molar refractivity (Wildman–Crippen MR) is 47.2 cm³/mol. The van der Waals surface area contributed by atoms with E-state index >= 15 is 0 Å². The molecule has 0 spiro atoms. The van der Waals surface area contributed by atoms with Crippen molar-refractivity contribution in [2.24, 2.45) is 11.8 Å². The van der Waals surface area contributed by atoms with Crippen molar-refractivity contribution in [3.05, 3.63) is 0 Å². The fourth-order valence-electron chi connectivity index (χ4n) is 1.50. The summed E-state index contributed by atoms with van der Waals surface area (Å²) in [6.07, 6.45) is 5.90. The van der Waals surface area contributed by atoms with Crippen LogP contribution in [0.1, 0.15) is 39.5 Å². The van der Waals surface area contributed by atoms with Gasteiger partial charge in [-0.3, -0.25) is 0 Å². The molecule has 0 nitrogen and oxygen atoms in total. The normalized spacial score (nSPS) is 35.3. The van der Waals surface area contributed by atoms with Gasteiger partial charge in [0.25, 0.3) is 0 Å². The Kier molecular flexibility index (Phi) is 4.37. The van der Waals surface area contributed by atoms with Crippen molar-refractivity contribution in [1.29, 1.82) is 0 Å². The Labute approximate surface area is 65.5 Å². The van der Waals surface area contributed by atoms with Crippen LogP contribution >= 0.6 is 13.5 Å². The van der Waals surface area contributed by atoms with Gasteiger partial charge >= 0.3 is 0 Å². The van der Waals surface area contributed by atoms with Crippen LogP contribution in [0.3, 0.4) is 0 Å². The summed E-state index contributed by atoms with van der Waals surface area (Å²) in [6, 6.07) is 0. The average molecular weight is 146 g/mol. The van der Waals surface area contributed by atoms with Gasteiger partial charge < -0.3 is 0 Å². The van der Waals surface area contributed by atoms with Crippen molar-refractivity contribution < 1.29 is 0 Å². The standard InChI is InChI=1S/C8H16.H2S/c1-7-5-3-4-6-8(7)2;/h7-8H,3-6H2,1-2H3;1H2. The third-order valence-electron chi connectivity index (χ3n) is 2.54. The van der Waals surface area contributed by atoms with Gasteiger partial charge in [-0.25, -0.2) is 0 Å². The van der Waals surface area contributed by atoms with Gasteiger partial charge in [0.05, 0.1) is 0 Å². The summed E-state index contributed by atoms with van der Waals surface area (Å²) in [7, 11) is 0. The van der Waals surface area contributed by atoms with Gasteiger partial charge in [-0.2, -0.15) is 13.5 Å². The quantitative estimate of drug-likeness (QED) is 0.493. The fraction of sp³-hybridized carbons (Fsp3) is 1.00. The van der Waals surface area contributed by atoms with Crippen LogP contribution in [0.5, 0.6) is 0 Å². The first-order valence-electron chi connectivity index (χ1n) is 3.80. The number of rotatable bonds is 0. The van der Waals surface area contributed by atoms with Gasteiger partial charge in [-0.05, 0) is 11.8 Å². The number of hydrogen-bond donors (Lipinski definition) is 0. The lowest BCUT2D eigenvalue weighted by atomic mass is 9.82. The lowest BCUT2D eigenvalue weighted by Gasteiger charge is -2.24. The van der Waals surface area contributed by atoms with Crippen molar-refractivity contribution >= 4 is 13.5 Å². The lowest BCUT2D eigenvalue weighted by Crippen LogP contribution is -2.12. The van der Waals surface area contributed by atoms with E-state index < -0.39 is 0 Å². The van der Waals surface area contributed by atoms with Crippen LogP contribution in [0, 0.1) is 11.8 Å². The molecule has 0 amide bonds. The molecular formula is C8H18S. The van der Waals surface area contributed by atoms with E-state index in [1.165, 1.54) is 25.7 Å². The second-order valence-corrected chi connectivity index (χ2v) is 3.24. The summed E-state index contributed by atoms with van der Waals surface area (Å²) in [5.74, 6) is 2.01. The Morgan fingerprint density at radius 1 is 0.889 bits per heavy atom. The molecule has 1 saturated carbocycles. The van der Waals surface area contributed by atoms with Crippen LogP contribution in [0.4, 0.5) is 0 Å². The van der Waals surface area contributed by atoms with Crippen molar-refractivity contribution in [2.45, 2.75) is 39.5 Å². The van der Waals surface area contributed by atoms with Gasteiger partial charge in [0.15, 0.2) is 0 Å². The summed E-state index contributed by atoms with van der Waals surface area (Å²) in [4.78, 5) is 0. The van der Waals surface area contributed by atoms with Gasteiger partial charge in [0.2, 0.25) is 0 Å². The second-order valence-electron chi connectivity index (χ2n) is 3.24. The minimum atomic E-state index is 0. The molecule has 0 aromatic carbocycles. The van der Waals surface area contributed by atoms with Gasteiger partial charge in [0, 0.05) is 0 Å². The molecule has 9 heavy (non-hydrogen) atoms. The molecule has 0 radical (unpaired) electrons. The number of hydrogen-bond acceptors (Lipinski definition) is 0. The molecule has 0 aliphatic heterocycles. The van der Waals surface area contributed by atoms with E-state index in [0.717, 1.165) is 11.8 Å². The van der Waals surface area contributed by atoms with E-state index in [-0.39, 0.29) is 13.5 Å². The van der Waals surface area contributed by atoms with E-state index in [1.54, 1.807) is 0 Å². The maximum Gasteiger partial charge on any atom is -0.0417 e. The molecule has 1 rings (SSSR count). The van der Waals surface area contributed by atoms with Crippen molar-refractivity contribution in [2.75, 3.05) is 0 Å². The Morgan fingerprint density at radius 3 is 1.44 bits per heavy atom. The molecule has 0 saturated heterocycles. The van der Waals surface area contributed by atoms with Crippen LogP contribution in [0.15, 0.2) is 0 Å². The Balaban J connectivity index is 0.000000640. The van der Waals surface area contributed by atoms with E-state index in [9.17, 15) is 0 Å². The third kappa shape index (κ3) is 2.61. The van der Waals surface area contributed by atoms with Crippen LogP contribution in [-0.2, 0) is 0 Å². The molecule has 0 N–H and O–H groups in total. The first-order chi connectivity index (χ1) is 3.80. The molecule has 2 unspecified atom stereocenters. The Hall–Kier alpha value is 0.350. The van der Waals surface area contributed by atoms with Gasteiger partial charge in [-0.15, -0.1) is 0 Å². The highest BCUT2D eigenvalue weighted by Gasteiger charge is 2.15. The van der Waals surface area contributed by atoms with E-state index in [0.29, 0.717) is 0 Å². The van der Waals surface area contributed by atoms with Crippen molar-refractivity contribution in [3.8, 4) is 0 Å². The zero-order chi connectivity index (χ0) is 5.98. The molecule has 0 bridgehead atoms. The zero-order valence-corrected chi connectivity index (χ0v) is 7.48. The molecular weight excluding hydrogens is 128 g/mol. The van der Waals surface area contributed by atoms with Crippen LogP contribution in [-0.4, -0.2) is 0 Å². The molecule has 56 valence electrons. The average Bonchev–Trinajstić information content (AvgIpc) is 1.77. The summed E-state index contributed by atoms with van der Waals surface area (Å²) in [5.41, 5.74) is 0. The highest BCUT2D eigenvalue weighted by molar-refractivity contribution is 7.59. The molecule has 0 aromatic heterocycles. The molecule has 1 fully saturated rings. The molecule has 1 aliphatic carbocycles. The van der Waals surface area contributed by atoms with Crippen molar-refractivity contribution in [3.63, 3.8) is 0 Å². The van der Waals surface area contributed by atoms with E-state index in [1.807, 2.05) is 0 Å². The summed E-state index contributed by atoms with van der Waals surface area (Å²) in [6.45, 7) is 4.76. The van der Waals surface area contributed by atoms with E-state index in [2.05, 4.69) is 13.8 Å². The summed E-state index contributed by atoms with van der Waals surface area (Å²) >= 11 is 0. The lowest BCUT2D eigenvalue weighted by molar-refractivity contribution is 0.277. The topological polar surface area (TPSA) is 0 Å². The van der Waals surface area contributed by atoms with Crippen LogP contribution in [0.2, 0.25) is 0 Å². The first kappa shape index (κ1) is 9.35. The molecule has 1 aliphatic rings. The Morgan fingerprint density at radius 2 is 1.22 bits per heavy atom. The molecule has 2 atom stereocenters. The molecule has 1 heteroatoms. The molecule has 0 heterocycles. The SMILES string of the molecule is CC1CCCCC1C.S. The van der Waals surface area contributed by atoms with Gasteiger partial charge in [-0.1, -0.05) is 39.5 Å². The maximum absolute atomic E-state index is 2.38. The predicted octanol–water partition coefficient (Wildman–Crippen LogP) is 2.95. The summed E-state index contributed by atoms with van der Waals surface area (Å²) in [5, 5.41) is 0.